The summed E-state index contributed by atoms with van der Waals surface area (Å²) in [6, 6.07) is 0. The summed E-state index contributed by atoms with van der Waals surface area (Å²) in [6.07, 6.45) is 4.07. The molecule has 0 bridgehead atoms. The fraction of sp³-hybridized carbons (Fsp3) is 1.00. The molecule has 9 heavy (non-hydrogen) atoms. The third kappa shape index (κ3) is 3.56. The molecule has 0 aliphatic carbocycles. The van der Waals surface area contributed by atoms with Gasteiger partial charge in [-0.3, -0.25) is 0 Å². The highest BCUT2D eigenvalue weighted by Gasteiger charge is 2.07. The summed E-state index contributed by atoms with van der Waals surface area (Å²) in [5, 5.41) is 0. The maximum Gasteiger partial charge on any atom is -0.0417 e. The molecule has 0 aliphatic heterocycles. The van der Waals surface area contributed by atoms with Crippen molar-refractivity contribution >= 4 is 0 Å². The molecule has 0 rings (SSSR count). The molecular weight excluding hydrogens is 108 g/mol. The Morgan fingerprint density at radius 1 is 1.00 bits per heavy atom. The van der Waals surface area contributed by atoms with E-state index in [0.717, 1.165) is 11.8 Å². The van der Waals surface area contributed by atoms with Crippen LogP contribution in [0, 0.1) is 11.8 Å². The molecule has 0 radical (unpaired) electrons. The van der Waals surface area contributed by atoms with E-state index < -0.39 is 0 Å². The summed E-state index contributed by atoms with van der Waals surface area (Å²) in [4.78, 5) is 0. The summed E-state index contributed by atoms with van der Waals surface area (Å²) < 4.78 is 0. The molecule has 0 fully saturated rings. The molecule has 2 atom stereocenters. The van der Waals surface area contributed by atoms with E-state index in [1.54, 1.807) is 0 Å². The molecule has 0 aromatic heterocycles. The molecular formula is C9H20. The van der Waals surface area contributed by atoms with Gasteiger partial charge in [0.05, 0.1) is 0 Å². The largest absolute Gasteiger partial charge is 0.0654 e. The second-order valence-corrected chi connectivity index (χ2v) is 3.15. The van der Waals surface area contributed by atoms with Crippen LogP contribution in [0.1, 0.15) is 47.0 Å². The predicted octanol–water partition coefficient (Wildman–Crippen LogP) is 3.47. The van der Waals surface area contributed by atoms with E-state index in [9.17, 15) is 0 Å². The van der Waals surface area contributed by atoms with E-state index in [-0.39, 0.29) is 0 Å². The smallest absolute Gasteiger partial charge is 0.0417 e. The number of hydrogen-bond acceptors (Lipinski definition) is 0. The van der Waals surface area contributed by atoms with Crippen molar-refractivity contribution in [2.75, 3.05) is 0 Å². The summed E-state index contributed by atoms with van der Waals surface area (Å²) in [5.74, 6) is 1.85. The Balaban J connectivity index is 3.32. The Bertz CT molecular complexity index is 57.1. The molecule has 0 heteroatoms. The molecule has 56 valence electrons. The van der Waals surface area contributed by atoms with Crippen molar-refractivity contribution in [2.45, 2.75) is 47.0 Å². The highest BCUT2D eigenvalue weighted by molar-refractivity contribution is 4.58. The first-order valence-electron chi connectivity index (χ1n) is 4.22. The van der Waals surface area contributed by atoms with Crippen LogP contribution >= 0.6 is 0 Å². The van der Waals surface area contributed by atoms with E-state index >= 15 is 0 Å². The lowest BCUT2D eigenvalue weighted by atomic mass is 9.90. The third-order valence-electron chi connectivity index (χ3n) is 2.36. The second kappa shape index (κ2) is 4.84. The van der Waals surface area contributed by atoms with Crippen LogP contribution in [0.25, 0.3) is 0 Å². The van der Waals surface area contributed by atoms with Gasteiger partial charge < -0.3 is 0 Å². The fourth-order valence-corrected chi connectivity index (χ4v) is 1.14. The van der Waals surface area contributed by atoms with E-state index in [1.165, 1.54) is 19.3 Å². The highest BCUT2D eigenvalue weighted by atomic mass is 14.1. The van der Waals surface area contributed by atoms with Crippen molar-refractivity contribution < 1.29 is 0 Å². The monoisotopic (exact) mass is 128 g/mol. The summed E-state index contributed by atoms with van der Waals surface area (Å²) in [5.41, 5.74) is 0. The zero-order valence-corrected chi connectivity index (χ0v) is 7.28. The normalized spacial score (nSPS) is 17.3. The van der Waals surface area contributed by atoms with Crippen LogP contribution in [-0.4, -0.2) is 0 Å². The van der Waals surface area contributed by atoms with Gasteiger partial charge >= 0.3 is 0 Å². The average Bonchev–Trinajstić information content (AvgIpc) is 1.87. The zero-order chi connectivity index (χ0) is 7.28. The van der Waals surface area contributed by atoms with Crippen molar-refractivity contribution in [3.63, 3.8) is 0 Å². The maximum atomic E-state index is 2.36. The quantitative estimate of drug-likeness (QED) is 0.544. The van der Waals surface area contributed by atoms with Gasteiger partial charge in [-0.25, -0.2) is 0 Å². The summed E-state index contributed by atoms with van der Waals surface area (Å²) in [7, 11) is 0. The van der Waals surface area contributed by atoms with E-state index in [4.69, 9.17) is 0 Å². The Hall–Kier alpha value is 0. The minimum absolute atomic E-state index is 0.921. The minimum Gasteiger partial charge on any atom is -0.0654 e. The lowest BCUT2D eigenvalue weighted by molar-refractivity contribution is 0.352. The van der Waals surface area contributed by atoms with Crippen LogP contribution in [0.5, 0.6) is 0 Å². The number of hydrogen-bond donors (Lipinski definition) is 0. The second-order valence-electron chi connectivity index (χ2n) is 3.15. The summed E-state index contributed by atoms with van der Waals surface area (Å²) in [6.45, 7) is 9.24. The van der Waals surface area contributed by atoms with Gasteiger partial charge in [0.15, 0.2) is 0 Å². The van der Waals surface area contributed by atoms with Gasteiger partial charge in [0, 0.05) is 0 Å². The van der Waals surface area contributed by atoms with Gasteiger partial charge in [0.2, 0.25) is 0 Å². The number of rotatable bonds is 4. The lowest BCUT2D eigenvalue weighted by Crippen LogP contribution is -2.05. The summed E-state index contributed by atoms with van der Waals surface area (Å²) >= 11 is 0. The molecule has 0 amide bonds. The molecule has 0 nitrogen and oxygen atoms in total. The van der Waals surface area contributed by atoms with Gasteiger partial charge in [-0.05, 0) is 11.8 Å². The van der Waals surface area contributed by atoms with Crippen LogP contribution in [0.4, 0.5) is 0 Å². The van der Waals surface area contributed by atoms with E-state index in [2.05, 4.69) is 27.7 Å². The van der Waals surface area contributed by atoms with Crippen LogP contribution in [0.3, 0.4) is 0 Å². The first-order valence-corrected chi connectivity index (χ1v) is 4.22. The highest BCUT2D eigenvalue weighted by Crippen LogP contribution is 2.18. The van der Waals surface area contributed by atoms with Crippen molar-refractivity contribution in [3.8, 4) is 0 Å². The molecule has 0 aromatic carbocycles. The first kappa shape index (κ1) is 9.00. The topological polar surface area (TPSA) is 0 Å². The maximum absolute atomic E-state index is 2.36. The molecule has 0 N–H and O–H groups in total. The van der Waals surface area contributed by atoms with Crippen molar-refractivity contribution in [2.24, 2.45) is 11.8 Å². The molecule has 0 aliphatic rings. The Kier molecular flexibility index (Phi) is 4.84. The predicted molar refractivity (Wildman–Crippen MR) is 43.5 cm³/mol. The Morgan fingerprint density at radius 2 is 1.56 bits per heavy atom. The standard InChI is InChI=1S/C9H20/c1-5-7-9(4)8(3)6-2/h8-9H,5-7H2,1-4H3/t8-,9?/m0/s1. The van der Waals surface area contributed by atoms with E-state index in [0.29, 0.717) is 0 Å². The van der Waals surface area contributed by atoms with Crippen LogP contribution in [0.15, 0.2) is 0 Å². The van der Waals surface area contributed by atoms with Crippen molar-refractivity contribution in [1.29, 1.82) is 0 Å². The van der Waals surface area contributed by atoms with Crippen LogP contribution in [-0.2, 0) is 0 Å². The van der Waals surface area contributed by atoms with Crippen LogP contribution in [0.2, 0.25) is 0 Å². The first-order chi connectivity index (χ1) is 4.22. The SMILES string of the molecule is CCCC(C)[C@@H](C)CC. The van der Waals surface area contributed by atoms with Crippen molar-refractivity contribution in [1.82, 2.24) is 0 Å². The molecule has 0 spiro atoms. The molecule has 0 saturated carbocycles. The van der Waals surface area contributed by atoms with Crippen molar-refractivity contribution in [3.05, 3.63) is 0 Å². The van der Waals surface area contributed by atoms with E-state index in [1.807, 2.05) is 0 Å². The third-order valence-corrected chi connectivity index (χ3v) is 2.36. The van der Waals surface area contributed by atoms with Crippen LogP contribution < -0.4 is 0 Å². The van der Waals surface area contributed by atoms with Gasteiger partial charge in [-0.15, -0.1) is 0 Å². The fourth-order valence-electron chi connectivity index (χ4n) is 1.14. The molecule has 0 saturated heterocycles. The van der Waals surface area contributed by atoms with Gasteiger partial charge in [0.1, 0.15) is 0 Å². The lowest BCUT2D eigenvalue weighted by Gasteiger charge is -2.16. The Morgan fingerprint density at radius 3 is 1.89 bits per heavy atom. The van der Waals surface area contributed by atoms with Gasteiger partial charge in [-0.2, -0.15) is 0 Å². The Labute approximate surface area is 59.7 Å². The minimum atomic E-state index is 0.921. The van der Waals surface area contributed by atoms with Gasteiger partial charge in [0.25, 0.3) is 0 Å². The molecule has 0 aromatic rings. The molecule has 1 unspecified atom stereocenters. The average molecular weight is 128 g/mol. The van der Waals surface area contributed by atoms with Gasteiger partial charge in [-0.1, -0.05) is 47.0 Å². The molecule has 0 heterocycles. The zero-order valence-electron chi connectivity index (χ0n) is 7.28.